The van der Waals surface area contributed by atoms with E-state index in [1.807, 2.05) is 6.07 Å². The molecule has 28 heavy (non-hydrogen) atoms. The van der Waals surface area contributed by atoms with Crippen molar-refractivity contribution in [2.45, 2.75) is 79.1 Å². The number of carbonyl (C=O) groups excluding carboxylic acids is 1. The highest BCUT2D eigenvalue weighted by Gasteiger charge is 2.16. The van der Waals surface area contributed by atoms with Crippen LogP contribution in [0.2, 0.25) is 0 Å². The summed E-state index contributed by atoms with van der Waals surface area (Å²) >= 11 is 0. The first-order chi connectivity index (χ1) is 13.6. The number of ether oxygens (including phenoxy) is 3. The Balaban J connectivity index is 2.87. The third-order valence-electron chi connectivity index (χ3n) is 5.40. The van der Waals surface area contributed by atoms with Crippen molar-refractivity contribution in [3.63, 3.8) is 0 Å². The Kier molecular flexibility index (Phi) is 12.4. The van der Waals surface area contributed by atoms with Crippen LogP contribution < -0.4 is 9.47 Å². The minimum atomic E-state index is -0.358. The predicted molar refractivity (Wildman–Crippen MR) is 115 cm³/mol. The summed E-state index contributed by atoms with van der Waals surface area (Å²) < 4.78 is 17.1. The number of unbranched alkanes of at least 4 members (excludes halogenated alkanes) is 2. The standard InChI is InChI=1S/C24H40O4/c1-6-10-12-19(8-3)17-27-22-15-14-21(24(25)26-5)16-23(22)28-18-20(9-4)13-11-7-2/h14-16,19-20H,6-13,17-18H2,1-5H3. The number of carbonyl (C=O) groups is 1. The molecule has 0 N–H and O–H groups in total. The lowest BCUT2D eigenvalue weighted by molar-refractivity contribution is 0.0600. The number of hydrogen-bond donors (Lipinski definition) is 0. The molecule has 0 aliphatic rings. The third-order valence-corrected chi connectivity index (χ3v) is 5.40. The topological polar surface area (TPSA) is 44.8 Å². The smallest absolute Gasteiger partial charge is 0.337 e. The molecule has 0 aliphatic carbocycles. The zero-order valence-corrected chi connectivity index (χ0v) is 18.6. The first kappa shape index (κ1) is 24.3. The van der Waals surface area contributed by atoms with E-state index in [-0.39, 0.29) is 5.97 Å². The van der Waals surface area contributed by atoms with E-state index in [2.05, 4.69) is 27.7 Å². The highest BCUT2D eigenvalue weighted by molar-refractivity contribution is 5.90. The van der Waals surface area contributed by atoms with Crippen molar-refractivity contribution in [1.29, 1.82) is 0 Å². The monoisotopic (exact) mass is 392 g/mol. The predicted octanol–water partition coefficient (Wildman–Crippen LogP) is 6.66. The highest BCUT2D eigenvalue weighted by Crippen LogP contribution is 2.31. The van der Waals surface area contributed by atoms with Gasteiger partial charge in [-0.25, -0.2) is 4.79 Å². The highest BCUT2D eigenvalue weighted by atomic mass is 16.5. The molecule has 0 aliphatic heterocycles. The number of benzene rings is 1. The van der Waals surface area contributed by atoms with E-state index in [1.165, 1.54) is 39.2 Å². The van der Waals surface area contributed by atoms with Crippen molar-refractivity contribution < 1.29 is 19.0 Å². The lowest BCUT2D eigenvalue weighted by atomic mass is 10.0. The van der Waals surface area contributed by atoms with Crippen molar-refractivity contribution in [3.05, 3.63) is 23.8 Å². The van der Waals surface area contributed by atoms with Gasteiger partial charge in [-0.1, -0.05) is 66.2 Å². The summed E-state index contributed by atoms with van der Waals surface area (Å²) in [5.41, 5.74) is 0.490. The number of rotatable bonds is 15. The molecule has 160 valence electrons. The van der Waals surface area contributed by atoms with Gasteiger partial charge in [0, 0.05) is 0 Å². The third kappa shape index (κ3) is 8.53. The minimum Gasteiger partial charge on any atom is -0.489 e. The normalized spacial score (nSPS) is 13.0. The molecule has 0 aromatic heterocycles. The van der Waals surface area contributed by atoms with Crippen molar-refractivity contribution in [3.8, 4) is 11.5 Å². The second kappa shape index (κ2) is 14.3. The lowest BCUT2D eigenvalue weighted by Crippen LogP contribution is -2.15. The Morgan fingerprint density at radius 2 is 1.39 bits per heavy atom. The van der Waals surface area contributed by atoms with Gasteiger partial charge in [-0.3, -0.25) is 0 Å². The average Bonchev–Trinajstić information content (AvgIpc) is 2.73. The van der Waals surface area contributed by atoms with E-state index in [0.29, 0.717) is 42.1 Å². The summed E-state index contributed by atoms with van der Waals surface area (Å²) in [5, 5.41) is 0. The molecule has 0 fully saturated rings. The van der Waals surface area contributed by atoms with Gasteiger partial charge in [0.25, 0.3) is 0 Å². The van der Waals surface area contributed by atoms with Crippen LogP contribution in [0.25, 0.3) is 0 Å². The van der Waals surface area contributed by atoms with Gasteiger partial charge >= 0.3 is 5.97 Å². The molecule has 2 unspecified atom stereocenters. The summed E-state index contributed by atoms with van der Waals surface area (Å²) in [6.07, 6.45) is 9.36. The van der Waals surface area contributed by atoms with Gasteiger partial charge in [-0.2, -0.15) is 0 Å². The Bertz CT molecular complexity index is 556. The van der Waals surface area contributed by atoms with Gasteiger partial charge in [0.05, 0.1) is 25.9 Å². The fourth-order valence-corrected chi connectivity index (χ4v) is 3.20. The second-order valence-corrected chi connectivity index (χ2v) is 7.61. The number of hydrogen-bond acceptors (Lipinski definition) is 4. The maximum atomic E-state index is 11.9. The molecule has 4 nitrogen and oxygen atoms in total. The zero-order valence-electron chi connectivity index (χ0n) is 18.6. The van der Waals surface area contributed by atoms with Crippen LogP contribution in [0, 0.1) is 11.8 Å². The van der Waals surface area contributed by atoms with Crippen molar-refractivity contribution >= 4 is 5.97 Å². The molecule has 2 atom stereocenters. The quantitative estimate of drug-likeness (QED) is 0.313. The van der Waals surface area contributed by atoms with E-state index in [4.69, 9.17) is 14.2 Å². The van der Waals surface area contributed by atoms with Gasteiger partial charge in [-0.15, -0.1) is 0 Å². The largest absolute Gasteiger partial charge is 0.489 e. The van der Waals surface area contributed by atoms with Gasteiger partial charge in [0.2, 0.25) is 0 Å². The van der Waals surface area contributed by atoms with Gasteiger partial charge in [0.1, 0.15) is 0 Å². The summed E-state index contributed by atoms with van der Waals surface area (Å²) in [6.45, 7) is 10.2. The summed E-state index contributed by atoms with van der Waals surface area (Å²) in [5.74, 6) is 2.06. The second-order valence-electron chi connectivity index (χ2n) is 7.61. The van der Waals surface area contributed by atoms with Crippen LogP contribution >= 0.6 is 0 Å². The van der Waals surface area contributed by atoms with E-state index in [9.17, 15) is 4.79 Å². The maximum absolute atomic E-state index is 11.9. The van der Waals surface area contributed by atoms with E-state index >= 15 is 0 Å². The van der Waals surface area contributed by atoms with Gasteiger partial charge in [-0.05, 0) is 42.9 Å². The van der Waals surface area contributed by atoms with E-state index < -0.39 is 0 Å². The molecule has 0 saturated carbocycles. The zero-order chi connectivity index (χ0) is 20.8. The van der Waals surface area contributed by atoms with Crippen molar-refractivity contribution in [1.82, 2.24) is 0 Å². The Hall–Kier alpha value is -1.71. The fraction of sp³-hybridized carbons (Fsp3) is 0.708. The van der Waals surface area contributed by atoms with Crippen LogP contribution in [0.3, 0.4) is 0 Å². The first-order valence-corrected chi connectivity index (χ1v) is 11.1. The van der Waals surface area contributed by atoms with Gasteiger partial charge in [0.15, 0.2) is 11.5 Å². The molecule has 1 aromatic carbocycles. The first-order valence-electron chi connectivity index (χ1n) is 11.1. The van der Waals surface area contributed by atoms with Crippen LogP contribution in [-0.2, 0) is 4.74 Å². The van der Waals surface area contributed by atoms with E-state index in [0.717, 1.165) is 19.3 Å². The molecule has 0 saturated heterocycles. The fourth-order valence-electron chi connectivity index (χ4n) is 3.20. The summed E-state index contributed by atoms with van der Waals surface area (Å²) in [4.78, 5) is 11.9. The van der Waals surface area contributed by atoms with Crippen LogP contribution in [0.1, 0.15) is 89.4 Å². The summed E-state index contributed by atoms with van der Waals surface area (Å²) in [7, 11) is 1.39. The minimum absolute atomic E-state index is 0.358. The van der Waals surface area contributed by atoms with Gasteiger partial charge < -0.3 is 14.2 Å². The molecule has 4 heteroatoms. The molecule has 0 radical (unpaired) electrons. The molecule has 1 rings (SSSR count). The summed E-state index contributed by atoms with van der Waals surface area (Å²) in [6, 6.07) is 5.33. The van der Waals surface area contributed by atoms with E-state index in [1.54, 1.807) is 12.1 Å². The Morgan fingerprint density at radius 1 is 0.857 bits per heavy atom. The molecule has 0 amide bonds. The molecular weight excluding hydrogens is 352 g/mol. The molecule has 0 bridgehead atoms. The Morgan fingerprint density at radius 3 is 1.86 bits per heavy atom. The molecule has 0 heterocycles. The molecular formula is C24H40O4. The maximum Gasteiger partial charge on any atom is 0.337 e. The molecule has 1 aromatic rings. The van der Waals surface area contributed by atoms with Crippen LogP contribution in [-0.4, -0.2) is 26.3 Å². The number of methoxy groups -OCH3 is 1. The van der Waals surface area contributed by atoms with Crippen LogP contribution in [0.15, 0.2) is 18.2 Å². The SMILES string of the molecule is CCCCC(CC)COc1ccc(C(=O)OC)cc1OCC(CC)CCCC. The Labute approximate surface area is 172 Å². The van der Waals surface area contributed by atoms with Crippen LogP contribution in [0.5, 0.6) is 11.5 Å². The van der Waals surface area contributed by atoms with Crippen molar-refractivity contribution in [2.75, 3.05) is 20.3 Å². The van der Waals surface area contributed by atoms with Crippen molar-refractivity contribution in [2.24, 2.45) is 11.8 Å². The average molecular weight is 393 g/mol. The number of esters is 1. The molecule has 0 spiro atoms. The van der Waals surface area contributed by atoms with Crippen LogP contribution in [0.4, 0.5) is 0 Å². The lowest BCUT2D eigenvalue weighted by Gasteiger charge is -2.20.